The highest BCUT2D eigenvalue weighted by molar-refractivity contribution is 6.08. The molecule has 0 aliphatic rings. The van der Waals surface area contributed by atoms with Gasteiger partial charge in [0.2, 0.25) is 0 Å². The van der Waals surface area contributed by atoms with E-state index in [1.807, 2.05) is 25.1 Å². The van der Waals surface area contributed by atoms with E-state index in [0.29, 0.717) is 11.2 Å². The molecule has 1 N–H and O–H groups in total. The number of pyridine rings is 1. The first-order chi connectivity index (χ1) is 11.3. The molecule has 122 valence electrons. The first-order valence-corrected chi connectivity index (χ1v) is 7.19. The molecule has 1 heterocycles. The number of nitrogens with one attached hydrogen (secondary N) is 1. The van der Waals surface area contributed by atoms with Crippen LogP contribution in [-0.4, -0.2) is 10.9 Å². The van der Waals surface area contributed by atoms with Crippen LogP contribution >= 0.6 is 0 Å². The molecule has 0 aliphatic carbocycles. The number of aromatic nitrogens is 1. The largest absolute Gasteiger partial charge is 0.416 e. The summed E-state index contributed by atoms with van der Waals surface area (Å²) in [5.41, 5.74) is 1.31. The number of benzene rings is 2. The van der Waals surface area contributed by atoms with Crippen LogP contribution in [0.15, 0.2) is 54.6 Å². The van der Waals surface area contributed by atoms with Crippen molar-refractivity contribution in [3.63, 3.8) is 0 Å². The van der Waals surface area contributed by atoms with Crippen LogP contribution < -0.4 is 5.32 Å². The molecule has 0 bridgehead atoms. The van der Waals surface area contributed by atoms with E-state index in [1.165, 1.54) is 0 Å². The number of aryl methyl sites for hydroxylation is 1. The van der Waals surface area contributed by atoms with Gasteiger partial charge >= 0.3 is 6.18 Å². The summed E-state index contributed by atoms with van der Waals surface area (Å²) >= 11 is 0. The van der Waals surface area contributed by atoms with E-state index in [4.69, 9.17) is 0 Å². The lowest BCUT2D eigenvalue weighted by molar-refractivity contribution is -0.137. The average Bonchev–Trinajstić information content (AvgIpc) is 2.54. The molecular weight excluding hydrogens is 317 g/mol. The maximum Gasteiger partial charge on any atom is 0.416 e. The van der Waals surface area contributed by atoms with Gasteiger partial charge in [-0.25, -0.2) is 0 Å². The van der Waals surface area contributed by atoms with Crippen molar-refractivity contribution in [2.24, 2.45) is 0 Å². The van der Waals surface area contributed by atoms with Gasteiger partial charge in [0.25, 0.3) is 5.91 Å². The number of carbonyl (C=O) groups excluding carboxylic acids is 1. The van der Waals surface area contributed by atoms with Gasteiger partial charge in [-0.05, 0) is 43.3 Å². The van der Waals surface area contributed by atoms with Gasteiger partial charge in [-0.3, -0.25) is 9.78 Å². The van der Waals surface area contributed by atoms with Crippen molar-refractivity contribution in [2.45, 2.75) is 13.1 Å². The van der Waals surface area contributed by atoms with Gasteiger partial charge in [0.15, 0.2) is 0 Å². The fraction of sp³-hybridized carbons (Fsp3) is 0.111. The van der Waals surface area contributed by atoms with Crippen LogP contribution in [0.25, 0.3) is 10.9 Å². The predicted molar refractivity (Wildman–Crippen MR) is 85.9 cm³/mol. The molecule has 1 aromatic heterocycles. The molecule has 3 nitrogen and oxygen atoms in total. The molecule has 0 saturated carbocycles. The van der Waals surface area contributed by atoms with Gasteiger partial charge in [-0.15, -0.1) is 0 Å². The van der Waals surface area contributed by atoms with Crippen molar-refractivity contribution in [1.29, 1.82) is 0 Å². The zero-order chi connectivity index (χ0) is 17.3. The molecule has 0 radical (unpaired) electrons. The zero-order valence-electron chi connectivity index (χ0n) is 12.7. The first kappa shape index (κ1) is 16.0. The Balaban J connectivity index is 1.89. The lowest BCUT2D eigenvalue weighted by atomic mass is 10.1. The lowest BCUT2D eigenvalue weighted by Gasteiger charge is -2.10. The molecule has 0 saturated heterocycles. The molecule has 0 spiro atoms. The molecule has 6 heteroatoms. The Morgan fingerprint density at radius 1 is 1.00 bits per heavy atom. The van der Waals surface area contributed by atoms with Crippen molar-refractivity contribution in [1.82, 2.24) is 4.98 Å². The van der Waals surface area contributed by atoms with Crippen molar-refractivity contribution < 1.29 is 18.0 Å². The lowest BCUT2D eigenvalue weighted by Crippen LogP contribution is -2.13. The molecule has 1 amide bonds. The average molecular weight is 330 g/mol. The summed E-state index contributed by atoms with van der Waals surface area (Å²) in [4.78, 5) is 16.7. The second-order valence-electron chi connectivity index (χ2n) is 5.36. The highest BCUT2D eigenvalue weighted by Crippen LogP contribution is 2.29. The molecule has 0 fully saturated rings. The van der Waals surface area contributed by atoms with Crippen molar-refractivity contribution in [2.75, 3.05) is 5.32 Å². The monoisotopic (exact) mass is 330 g/mol. The van der Waals surface area contributed by atoms with Crippen LogP contribution in [0.1, 0.15) is 21.6 Å². The highest BCUT2D eigenvalue weighted by atomic mass is 19.4. The predicted octanol–water partition coefficient (Wildman–Crippen LogP) is 4.81. The Hall–Kier alpha value is -2.89. The van der Waals surface area contributed by atoms with E-state index in [0.717, 1.165) is 35.3 Å². The van der Waals surface area contributed by atoms with Crippen molar-refractivity contribution >= 4 is 22.5 Å². The van der Waals surface area contributed by atoms with Crippen LogP contribution in [0.2, 0.25) is 0 Å². The molecule has 3 aromatic rings. The van der Waals surface area contributed by atoms with E-state index in [9.17, 15) is 18.0 Å². The van der Waals surface area contributed by atoms with E-state index in [1.54, 1.807) is 12.1 Å². The minimum atomic E-state index is -4.42. The number of nitrogens with zero attached hydrogens (tertiary/aromatic N) is 1. The smallest absolute Gasteiger partial charge is 0.320 e. The number of carbonyl (C=O) groups is 1. The van der Waals surface area contributed by atoms with Gasteiger partial charge in [0, 0.05) is 16.6 Å². The Kier molecular flexibility index (Phi) is 3.97. The summed E-state index contributed by atoms with van der Waals surface area (Å²) in [6.45, 7) is 1.84. The maximum atomic E-state index is 12.6. The Morgan fingerprint density at radius 3 is 2.38 bits per heavy atom. The number of hydrogen-bond acceptors (Lipinski definition) is 2. The van der Waals surface area contributed by atoms with Crippen LogP contribution in [0.3, 0.4) is 0 Å². The molecule has 2 aromatic carbocycles. The van der Waals surface area contributed by atoms with E-state index in [2.05, 4.69) is 10.3 Å². The normalized spacial score (nSPS) is 11.5. The Bertz CT molecular complexity index is 902. The van der Waals surface area contributed by atoms with Gasteiger partial charge in [0.05, 0.1) is 16.8 Å². The zero-order valence-corrected chi connectivity index (χ0v) is 12.7. The third kappa shape index (κ3) is 3.22. The van der Waals surface area contributed by atoms with Gasteiger partial charge < -0.3 is 5.32 Å². The molecule has 0 unspecified atom stereocenters. The summed E-state index contributed by atoms with van der Waals surface area (Å²) in [6.07, 6.45) is -4.42. The van der Waals surface area contributed by atoms with Crippen molar-refractivity contribution in [3.05, 3.63) is 71.4 Å². The maximum absolute atomic E-state index is 12.6. The van der Waals surface area contributed by atoms with Gasteiger partial charge in [-0.1, -0.05) is 18.2 Å². The number of alkyl halides is 3. The van der Waals surface area contributed by atoms with E-state index >= 15 is 0 Å². The van der Waals surface area contributed by atoms with Crippen LogP contribution in [0, 0.1) is 6.92 Å². The fourth-order valence-electron chi connectivity index (χ4n) is 2.35. The molecule has 3 rings (SSSR count). The topological polar surface area (TPSA) is 42.0 Å². The Labute approximate surface area is 136 Å². The minimum absolute atomic E-state index is 0.146. The molecule has 0 atom stereocenters. The summed E-state index contributed by atoms with van der Waals surface area (Å²) < 4.78 is 37.7. The summed E-state index contributed by atoms with van der Waals surface area (Å²) in [5, 5.41) is 3.57. The van der Waals surface area contributed by atoms with Crippen LogP contribution in [0.4, 0.5) is 18.9 Å². The van der Waals surface area contributed by atoms with E-state index < -0.39 is 17.6 Å². The summed E-state index contributed by atoms with van der Waals surface area (Å²) in [7, 11) is 0. The Morgan fingerprint density at radius 2 is 1.71 bits per heavy atom. The fourth-order valence-corrected chi connectivity index (χ4v) is 2.35. The number of hydrogen-bond donors (Lipinski definition) is 1. The number of amides is 1. The van der Waals surface area contributed by atoms with Crippen LogP contribution in [0.5, 0.6) is 0 Å². The minimum Gasteiger partial charge on any atom is -0.320 e. The van der Waals surface area contributed by atoms with Crippen molar-refractivity contribution in [3.8, 4) is 0 Å². The third-order valence-corrected chi connectivity index (χ3v) is 3.58. The molecule has 0 aliphatic heterocycles. The number of para-hydroxylation sites is 1. The summed E-state index contributed by atoms with van der Waals surface area (Å²) in [5.74, 6) is -0.487. The summed E-state index contributed by atoms with van der Waals surface area (Å²) in [6, 6.07) is 13.2. The SMILES string of the molecule is Cc1ccc2cccc(NC(=O)c3ccc(C(F)(F)F)cc3)c2n1. The van der Waals surface area contributed by atoms with E-state index in [-0.39, 0.29) is 5.56 Å². The number of fused-ring (bicyclic) bond motifs is 1. The quantitative estimate of drug-likeness (QED) is 0.732. The number of anilines is 1. The standard InChI is InChI=1S/C18H13F3N2O/c1-11-5-6-12-3-2-4-15(16(12)22-11)23-17(24)13-7-9-14(10-8-13)18(19,20)21/h2-10H,1H3,(H,23,24). The number of halogens is 3. The molecular formula is C18H13F3N2O. The first-order valence-electron chi connectivity index (χ1n) is 7.19. The third-order valence-electron chi connectivity index (χ3n) is 3.58. The molecule has 24 heavy (non-hydrogen) atoms. The van der Waals surface area contributed by atoms with Crippen LogP contribution in [-0.2, 0) is 6.18 Å². The second kappa shape index (κ2) is 5.96. The van der Waals surface area contributed by atoms with Gasteiger partial charge in [-0.2, -0.15) is 13.2 Å². The van der Waals surface area contributed by atoms with Gasteiger partial charge in [0.1, 0.15) is 0 Å². The highest BCUT2D eigenvalue weighted by Gasteiger charge is 2.30. The number of rotatable bonds is 2. The second-order valence-corrected chi connectivity index (χ2v) is 5.36.